The lowest BCUT2D eigenvalue weighted by molar-refractivity contribution is 0.0606. The number of benzene rings is 1. The van der Waals surface area contributed by atoms with Crippen molar-refractivity contribution in [1.29, 1.82) is 0 Å². The van der Waals surface area contributed by atoms with Gasteiger partial charge in [0.2, 0.25) is 0 Å². The molecule has 0 radical (unpaired) electrons. The Morgan fingerprint density at radius 2 is 1.96 bits per heavy atom. The van der Waals surface area contributed by atoms with Crippen LogP contribution >= 0.6 is 11.3 Å². The number of methoxy groups -OCH3 is 1. The molecule has 0 aliphatic carbocycles. The van der Waals surface area contributed by atoms with E-state index in [0.717, 1.165) is 10.4 Å². The van der Waals surface area contributed by atoms with Crippen molar-refractivity contribution >= 4 is 23.4 Å². The van der Waals surface area contributed by atoms with Crippen LogP contribution in [0.1, 0.15) is 26.5 Å². The molecule has 0 aliphatic rings. The molecule has 5 nitrogen and oxygen atoms in total. The van der Waals surface area contributed by atoms with Gasteiger partial charge in [0.1, 0.15) is 11.5 Å². The second-order valence-electron chi connectivity index (χ2n) is 4.70. The number of alkyl carbamates (subject to hydrolysis) is 1. The van der Waals surface area contributed by atoms with Crippen LogP contribution in [0.5, 0.6) is 0 Å². The molecule has 0 atom stereocenters. The second-order valence-corrected chi connectivity index (χ2v) is 5.78. The summed E-state index contributed by atoms with van der Waals surface area (Å²) < 4.78 is 9.72. The maximum Gasteiger partial charge on any atom is 0.407 e. The van der Waals surface area contributed by atoms with Crippen molar-refractivity contribution in [3.05, 3.63) is 57.8 Å². The molecule has 124 valence electrons. The Bertz CT molecular complexity index is 743. The van der Waals surface area contributed by atoms with E-state index >= 15 is 0 Å². The Balaban J connectivity index is 1.67. The average molecular weight is 343 g/mol. The van der Waals surface area contributed by atoms with Crippen LogP contribution in [0, 0.1) is 11.8 Å². The van der Waals surface area contributed by atoms with Crippen LogP contribution in [0.25, 0.3) is 0 Å². The smallest absolute Gasteiger partial charge is 0.407 e. The highest BCUT2D eigenvalue weighted by atomic mass is 32.1. The van der Waals surface area contributed by atoms with Crippen molar-refractivity contribution in [2.75, 3.05) is 13.7 Å². The monoisotopic (exact) mass is 343 g/mol. The van der Waals surface area contributed by atoms with E-state index in [1.807, 2.05) is 30.3 Å². The molecule has 1 N–H and O–H groups in total. The summed E-state index contributed by atoms with van der Waals surface area (Å²) in [6, 6.07) is 12.9. The van der Waals surface area contributed by atoms with Gasteiger partial charge in [0, 0.05) is 13.0 Å². The largest absolute Gasteiger partial charge is 0.465 e. The first-order chi connectivity index (χ1) is 11.7. The number of thiophene rings is 1. The Morgan fingerprint density at radius 3 is 2.71 bits per heavy atom. The van der Waals surface area contributed by atoms with Crippen LogP contribution in [0.15, 0.2) is 42.5 Å². The van der Waals surface area contributed by atoms with E-state index < -0.39 is 6.09 Å². The predicted octanol–water partition coefficient (Wildman–Crippen LogP) is 3.20. The summed E-state index contributed by atoms with van der Waals surface area (Å²) in [7, 11) is 1.34. The lowest BCUT2D eigenvalue weighted by Crippen LogP contribution is -2.24. The van der Waals surface area contributed by atoms with Gasteiger partial charge in [0.05, 0.1) is 12.0 Å². The Kier molecular flexibility index (Phi) is 6.87. The molecular formula is C18H17NO4S. The fraction of sp³-hybridized carbons (Fsp3) is 0.222. The maximum atomic E-state index is 11.5. The minimum atomic E-state index is -0.468. The molecule has 2 rings (SSSR count). The fourth-order valence-corrected chi connectivity index (χ4v) is 2.57. The van der Waals surface area contributed by atoms with Crippen LogP contribution < -0.4 is 5.32 Å². The van der Waals surface area contributed by atoms with E-state index in [1.165, 1.54) is 18.4 Å². The first kappa shape index (κ1) is 17.6. The van der Waals surface area contributed by atoms with Crippen molar-refractivity contribution in [3.63, 3.8) is 0 Å². The normalized spacial score (nSPS) is 9.54. The highest BCUT2D eigenvalue weighted by Crippen LogP contribution is 2.16. The summed E-state index contributed by atoms with van der Waals surface area (Å²) in [6.45, 7) is 0.639. The third kappa shape index (κ3) is 5.78. The summed E-state index contributed by atoms with van der Waals surface area (Å²) in [5, 5.41) is 2.64. The summed E-state index contributed by atoms with van der Waals surface area (Å²) in [5.74, 6) is 5.52. The van der Waals surface area contributed by atoms with E-state index in [9.17, 15) is 9.59 Å². The third-order valence-corrected chi connectivity index (χ3v) is 3.92. The molecule has 6 heteroatoms. The molecule has 1 amide bonds. The van der Waals surface area contributed by atoms with E-state index in [-0.39, 0.29) is 12.6 Å². The zero-order valence-electron chi connectivity index (χ0n) is 13.2. The third-order valence-electron chi connectivity index (χ3n) is 2.94. The average Bonchev–Trinajstić information content (AvgIpc) is 3.09. The quantitative estimate of drug-likeness (QED) is 0.514. The number of rotatable bonds is 5. The SMILES string of the molecule is COC(=O)c1ccc(C#CCCNC(=O)OCc2ccccc2)s1. The van der Waals surface area contributed by atoms with Gasteiger partial charge in [0.25, 0.3) is 0 Å². The van der Waals surface area contributed by atoms with E-state index in [4.69, 9.17) is 4.74 Å². The minimum absolute atomic E-state index is 0.240. The predicted molar refractivity (Wildman–Crippen MR) is 91.8 cm³/mol. The highest BCUT2D eigenvalue weighted by molar-refractivity contribution is 7.14. The molecule has 0 fully saturated rings. The van der Waals surface area contributed by atoms with Crippen molar-refractivity contribution < 1.29 is 19.1 Å². The molecule has 1 aromatic heterocycles. The fourth-order valence-electron chi connectivity index (χ4n) is 1.77. The Labute approximate surface area is 144 Å². The number of hydrogen-bond donors (Lipinski definition) is 1. The maximum absolute atomic E-state index is 11.5. The van der Waals surface area contributed by atoms with Gasteiger partial charge in [-0.1, -0.05) is 42.2 Å². The molecule has 24 heavy (non-hydrogen) atoms. The Morgan fingerprint density at radius 1 is 1.17 bits per heavy atom. The molecular weight excluding hydrogens is 326 g/mol. The van der Waals surface area contributed by atoms with E-state index in [1.54, 1.807) is 12.1 Å². The van der Waals surface area contributed by atoms with Crippen LogP contribution in [-0.4, -0.2) is 25.7 Å². The molecule has 0 aliphatic heterocycles. The van der Waals surface area contributed by atoms with Crippen molar-refractivity contribution in [3.8, 4) is 11.8 Å². The first-order valence-electron chi connectivity index (χ1n) is 7.30. The molecule has 1 heterocycles. The van der Waals surface area contributed by atoms with Gasteiger partial charge >= 0.3 is 12.1 Å². The van der Waals surface area contributed by atoms with Crippen molar-refractivity contribution in [1.82, 2.24) is 5.32 Å². The lowest BCUT2D eigenvalue weighted by Gasteiger charge is -2.05. The minimum Gasteiger partial charge on any atom is -0.465 e. The molecule has 0 saturated carbocycles. The summed E-state index contributed by atoms with van der Waals surface area (Å²) in [6.07, 6.45) is 0.0241. The van der Waals surface area contributed by atoms with Crippen molar-refractivity contribution in [2.45, 2.75) is 13.0 Å². The standard InChI is InChI=1S/C18H17NO4S/c1-22-17(20)16-11-10-15(24-16)9-5-6-12-19-18(21)23-13-14-7-3-2-4-8-14/h2-4,7-8,10-11H,6,12-13H2,1H3,(H,19,21). The number of hydrogen-bond acceptors (Lipinski definition) is 5. The molecule has 0 spiro atoms. The summed E-state index contributed by atoms with van der Waals surface area (Å²) >= 11 is 1.28. The van der Waals surface area contributed by atoms with Gasteiger partial charge < -0.3 is 14.8 Å². The van der Waals surface area contributed by atoms with Gasteiger partial charge in [0.15, 0.2) is 0 Å². The molecule has 0 saturated heterocycles. The molecule has 0 unspecified atom stereocenters. The van der Waals surface area contributed by atoms with Crippen LogP contribution in [-0.2, 0) is 16.1 Å². The number of carbonyl (C=O) groups is 2. The molecule has 2 aromatic rings. The number of nitrogens with one attached hydrogen (secondary N) is 1. The zero-order chi connectivity index (χ0) is 17.2. The molecule has 1 aromatic carbocycles. The summed E-state index contributed by atoms with van der Waals surface area (Å²) in [4.78, 5) is 24.1. The number of carbonyl (C=O) groups excluding carboxylic acids is 2. The zero-order valence-corrected chi connectivity index (χ0v) is 14.0. The molecule has 0 bridgehead atoms. The summed E-state index contributed by atoms with van der Waals surface area (Å²) in [5.41, 5.74) is 0.937. The van der Waals surface area contributed by atoms with Gasteiger partial charge in [-0.05, 0) is 17.7 Å². The van der Waals surface area contributed by atoms with Gasteiger partial charge in [-0.3, -0.25) is 0 Å². The van der Waals surface area contributed by atoms with Gasteiger partial charge in [-0.25, -0.2) is 9.59 Å². The lowest BCUT2D eigenvalue weighted by atomic mass is 10.2. The van der Waals surface area contributed by atoms with Crippen LogP contribution in [0.4, 0.5) is 4.79 Å². The highest BCUT2D eigenvalue weighted by Gasteiger charge is 2.07. The van der Waals surface area contributed by atoms with E-state index in [0.29, 0.717) is 17.8 Å². The topological polar surface area (TPSA) is 64.6 Å². The number of ether oxygens (including phenoxy) is 2. The van der Waals surface area contributed by atoms with Crippen LogP contribution in [0.2, 0.25) is 0 Å². The number of amides is 1. The van der Waals surface area contributed by atoms with Crippen LogP contribution in [0.3, 0.4) is 0 Å². The van der Waals surface area contributed by atoms with Gasteiger partial charge in [-0.2, -0.15) is 0 Å². The second kappa shape index (κ2) is 9.38. The van der Waals surface area contributed by atoms with Crippen molar-refractivity contribution in [2.24, 2.45) is 0 Å². The number of esters is 1. The first-order valence-corrected chi connectivity index (χ1v) is 8.12. The van der Waals surface area contributed by atoms with E-state index in [2.05, 4.69) is 21.9 Å². The van der Waals surface area contributed by atoms with Gasteiger partial charge in [-0.15, -0.1) is 11.3 Å². The Hall–Kier alpha value is -2.78.